The van der Waals surface area contributed by atoms with Crippen molar-refractivity contribution in [3.05, 3.63) is 70.7 Å². The number of benzene rings is 2. The van der Waals surface area contributed by atoms with E-state index in [0.29, 0.717) is 6.54 Å². The normalized spacial score (nSPS) is 17.0. The molecule has 3 N–H and O–H groups in total. The summed E-state index contributed by atoms with van der Waals surface area (Å²) in [6.07, 6.45) is 1.86. The first kappa shape index (κ1) is 24.9. The summed E-state index contributed by atoms with van der Waals surface area (Å²) in [6.45, 7) is 2.90. The van der Waals surface area contributed by atoms with E-state index in [-0.39, 0.29) is 41.9 Å². The summed E-state index contributed by atoms with van der Waals surface area (Å²) in [5, 5.41) is 17.4. The average molecular weight is 544 g/mol. The van der Waals surface area contributed by atoms with Crippen LogP contribution < -0.4 is 10.6 Å². The van der Waals surface area contributed by atoms with Gasteiger partial charge < -0.3 is 20.5 Å². The Morgan fingerprint density at radius 1 is 1.13 bits per heavy atom. The van der Waals surface area contributed by atoms with Crippen molar-refractivity contribution in [2.45, 2.75) is 24.2 Å². The fourth-order valence-electron chi connectivity index (χ4n) is 3.85. The predicted molar refractivity (Wildman–Crippen MR) is 134 cm³/mol. The van der Waals surface area contributed by atoms with Crippen LogP contribution in [-0.2, 0) is 10.2 Å². The van der Waals surface area contributed by atoms with Crippen molar-refractivity contribution in [3.8, 4) is 0 Å². The lowest BCUT2D eigenvalue weighted by molar-refractivity contribution is 0.0514. The van der Waals surface area contributed by atoms with Crippen molar-refractivity contribution in [2.75, 3.05) is 40.0 Å². The van der Waals surface area contributed by atoms with Gasteiger partial charge in [0.05, 0.1) is 6.61 Å². The number of aliphatic hydroxyl groups excluding tert-OH is 1. The SMILES string of the molecule is CN=C(NCC(CO)c1ccccc1)NCC1(c2cccc(Cl)c2)CCOCC1.I. The second-order valence-corrected chi connectivity index (χ2v) is 7.94. The lowest BCUT2D eigenvalue weighted by Gasteiger charge is -2.38. The smallest absolute Gasteiger partial charge is 0.191 e. The maximum Gasteiger partial charge on any atom is 0.191 e. The summed E-state index contributed by atoms with van der Waals surface area (Å²) in [5.74, 6) is 0.743. The monoisotopic (exact) mass is 543 g/mol. The van der Waals surface area contributed by atoms with Crippen LogP contribution in [-0.4, -0.2) is 51.0 Å². The van der Waals surface area contributed by atoms with Crippen LogP contribution in [0, 0.1) is 0 Å². The molecule has 0 spiro atoms. The van der Waals surface area contributed by atoms with E-state index in [0.717, 1.165) is 49.1 Å². The summed E-state index contributed by atoms with van der Waals surface area (Å²) in [4.78, 5) is 4.37. The predicted octanol–water partition coefficient (Wildman–Crippen LogP) is 3.95. The number of halogens is 2. The molecule has 0 saturated carbocycles. The van der Waals surface area contributed by atoms with E-state index >= 15 is 0 Å². The molecule has 1 saturated heterocycles. The van der Waals surface area contributed by atoms with Crippen LogP contribution in [0.1, 0.15) is 29.9 Å². The Bertz CT molecular complexity index is 798. The fraction of sp³-hybridized carbons (Fsp3) is 0.435. The molecule has 0 bridgehead atoms. The standard InChI is InChI=1S/C23H30ClN3O2.HI/c1-25-22(26-15-19(16-28)18-6-3-2-4-7-18)27-17-23(10-12-29-13-11-23)20-8-5-9-21(24)14-20;/h2-9,14,19,28H,10-13,15-17H2,1H3,(H2,25,26,27);1H. The van der Waals surface area contributed by atoms with Gasteiger partial charge in [0.2, 0.25) is 0 Å². The van der Waals surface area contributed by atoms with Crippen molar-refractivity contribution in [1.29, 1.82) is 0 Å². The first-order valence-electron chi connectivity index (χ1n) is 10.1. The van der Waals surface area contributed by atoms with E-state index in [1.165, 1.54) is 5.56 Å². The molecular formula is C23H31ClIN3O2. The summed E-state index contributed by atoms with van der Waals surface area (Å²) in [7, 11) is 1.77. The van der Waals surface area contributed by atoms with Crippen LogP contribution in [0.15, 0.2) is 59.6 Å². The van der Waals surface area contributed by atoms with E-state index in [1.807, 2.05) is 42.5 Å². The minimum absolute atomic E-state index is 0. The molecule has 0 radical (unpaired) electrons. The zero-order valence-corrected chi connectivity index (χ0v) is 20.4. The van der Waals surface area contributed by atoms with Crippen LogP contribution in [0.3, 0.4) is 0 Å². The van der Waals surface area contributed by atoms with Gasteiger partial charge in [0.15, 0.2) is 5.96 Å². The Hall–Kier alpha value is -1.35. The molecule has 7 heteroatoms. The van der Waals surface area contributed by atoms with E-state index in [1.54, 1.807) is 7.05 Å². The average Bonchev–Trinajstić information content (AvgIpc) is 2.77. The number of aliphatic hydroxyl groups is 1. The van der Waals surface area contributed by atoms with Crippen LogP contribution in [0.25, 0.3) is 0 Å². The minimum Gasteiger partial charge on any atom is -0.396 e. The highest BCUT2D eigenvalue weighted by atomic mass is 127. The van der Waals surface area contributed by atoms with Crippen molar-refractivity contribution in [3.63, 3.8) is 0 Å². The van der Waals surface area contributed by atoms with Crippen molar-refractivity contribution in [2.24, 2.45) is 4.99 Å². The molecule has 0 amide bonds. The highest BCUT2D eigenvalue weighted by Crippen LogP contribution is 2.35. The molecule has 1 fully saturated rings. The Morgan fingerprint density at radius 3 is 2.50 bits per heavy atom. The quantitative estimate of drug-likeness (QED) is 0.281. The lowest BCUT2D eigenvalue weighted by atomic mass is 9.74. The summed E-state index contributed by atoms with van der Waals surface area (Å²) >= 11 is 6.26. The van der Waals surface area contributed by atoms with Gasteiger partial charge in [0.25, 0.3) is 0 Å². The molecule has 164 valence electrons. The molecular weight excluding hydrogens is 513 g/mol. The molecule has 5 nitrogen and oxygen atoms in total. The third-order valence-electron chi connectivity index (χ3n) is 5.71. The molecule has 2 aromatic rings. The van der Waals surface area contributed by atoms with Gasteiger partial charge in [-0.05, 0) is 36.1 Å². The summed E-state index contributed by atoms with van der Waals surface area (Å²) in [5.41, 5.74) is 2.29. The number of aliphatic imine (C=N–C) groups is 1. The lowest BCUT2D eigenvalue weighted by Crippen LogP contribution is -2.48. The highest BCUT2D eigenvalue weighted by Gasteiger charge is 2.34. The maximum absolute atomic E-state index is 9.79. The number of ether oxygens (including phenoxy) is 1. The largest absolute Gasteiger partial charge is 0.396 e. The third kappa shape index (κ3) is 6.57. The van der Waals surface area contributed by atoms with Gasteiger partial charge in [-0.2, -0.15) is 0 Å². The van der Waals surface area contributed by atoms with Crippen molar-refractivity contribution >= 4 is 41.5 Å². The van der Waals surface area contributed by atoms with E-state index in [4.69, 9.17) is 16.3 Å². The number of rotatable bonds is 7. The summed E-state index contributed by atoms with van der Waals surface area (Å²) in [6, 6.07) is 18.2. The molecule has 1 aliphatic heterocycles. The van der Waals surface area contributed by atoms with Crippen molar-refractivity contribution in [1.82, 2.24) is 10.6 Å². The first-order valence-corrected chi connectivity index (χ1v) is 10.5. The Kier molecular flexibility index (Phi) is 10.4. The molecule has 2 aromatic carbocycles. The van der Waals surface area contributed by atoms with Crippen LogP contribution >= 0.6 is 35.6 Å². The highest BCUT2D eigenvalue weighted by molar-refractivity contribution is 14.0. The molecule has 1 heterocycles. The molecule has 0 aliphatic carbocycles. The van der Waals surface area contributed by atoms with Gasteiger partial charge in [-0.3, -0.25) is 4.99 Å². The zero-order valence-electron chi connectivity index (χ0n) is 17.3. The van der Waals surface area contributed by atoms with Gasteiger partial charge in [0.1, 0.15) is 0 Å². The second kappa shape index (κ2) is 12.5. The minimum atomic E-state index is -0.0451. The molecule has 1 unspecified atom stereocenters. The first-order chi connectivity index (χ1) is 14.2. The molecule has 30 heavy (non-hydrogen) atoms. The van der Waals surface area contributed by atoms with Crippen molar-refractivity contribution < 1.29 is 9.84 Å². The van der Waals surface area contributed by atoms with E-state index in [2.05, 4.69) is 27.8 Å². The third-order valence-corrected chi connectivity index (χ3v) is 5.95. The van der Waals surface area contributed by atoms with Gasteiger partial charge in [-0.25, -0.2) is 0 Å². The number of nitrogens with zero attached hydrogens (tertiary/aromatic N) is 1. The van der Waals surface area contributed by atoms with Gasteiger partial charge in [0, 0.05) is 49.7 Å². The van der Waals surface area contributed by atoms with E-state index < -0.39 is 0 Å². The molecule has 3 rings (SSSR count). The Morgan fingerprint density at radius 2 is 1.87 bits per heavy atom. The summed E-state index contributed by atoms with van der Waals surface area (Å²) < 4.78 is 5.62. The second-order valence-electron chi connectivity index (χ2n) is 7.50. The van der Waals surface area contributed by atoms with Gasteiger partial charge in [-0.15, -0.1) is 24.0 Å². The number of hydrogen-bond acceptors (Lipinski definition) is 3. The number of hydrogen-bond donors (Lipinski definition) is 3. The van der Waals surface area contributed by atoms with Gasteiger partial charge in [-0.1, -0.05) is 54.1 Å². The maximum atomic E-state index is 9.79. The topological polar surface area (TPSA) is 65.9 Å². The van der Waals surface area contributed by atoms with E-state index in [9.17, 15) is 5.11 Å². The van der Waals surface area contributed by atoms with Crippen LogP contribution in [0.5, 0.6) is 0 Å². The Balaban J connectivity index is 0.00000320. The van der Waals surface area contributed by atoms with Crippen LogP contribution in [0.4, 0.5) is 0 Å². The number of guanidine groups is 1. The molecule has 1 atom stereocenters. The number of nitrogens with one attached hydrogen (secondary N) is 2. The van der Waals surface area contributed by atoms with Gasteiger partial charge >= 0.3 is 0 Å². The Labute approximate surface area is 201 Å². The molecule has 1 aliphatic rings. The van der Waals surface area contributed by atoms with Crippen LogP contribution in [0.2, 0.25) is 5.02 Å². The zero-order chi connectivity index (χ0) is 20.5. The molecule has 0 aromatic heterocycles. The fourth-order valence-corrected chi connectivity index (χ4v) is 4.04.